The molecule has 2 atom stereocenters. The zero-order valence-electron chi connectivity index (χ0n) is 12.7. The summed E-state index contributed by atoms with van der Waals surface area (Å²) < 4.78 is 4.98. The van der Waals surface area contributed by atoms with Crippen molar-refractivity contribution in [2.24, 2.45) is 0 Å². The number of methoxy groups -OCH3 is 1. The summed E-state index contributed by atoms with van der Waals surface area (Å²) >= 11 is 0. The van der Waals surface area contributed by atoms with Crippen molar-refractivity contribution in [3.05, 3.63) is 35.9 Å². The molecule has 2 unspecified atom stereocenters. The third kappa shape index (κ3) is 7.26. The first kappa shape index (κ1) is 16.7. The Kier molecular flexibility index (Phi) is 7.92. The molecule has 1 rings (SSSR count). The van der Waals surface area contributed by atoms with Crippen molar-refractivity contribution in [1.82, 2.24) is 10.6 Å². The van der Waals surface area contributed by atoms with Crippen LogP contribution in [0, 0.1) is 0 Å². The predicted octanol–water partition coefficient (Wildman–Crippen LogP) is 1.75. The van der Waals surface area contributed by atoms with Crippen molar-refractivity contribution in [2.45, 2.75) is 38.8 Å². The van der Waals surface area contributed by atoms with Crippen molar-refractivity contribution in [3.63, 3.8) is 0 Å². The van der Waals surface area contributed by atoms with Gasteiger partial charge in [0.05, 0.1) is 13.2 Å². The summed E-state index contributed by atoms with van der Waals surface area (Å²) in [5.41, 5.74) is 1.33. The van der Waals surface area contributed by atoms with Gasteiger partial charge in [0.2, 0.25) is 5.91 Å². The molecule has 0 aliphatic heterocycles. The van der Waals surface area contributed by atoms with E-state index in [0.717, 1.165) is 12.8 Å². The second-order valence-electron chi connectivity index (χ2n) is 5.23. The smallest absolute Gasteiger partial charge is 0.234 e. The second-order valence-corrected chi connectivity index (χ2v) is 5.23. The zero-order chi connectivity index (χ0) is 14.8. The van der Waals surface area contributed by atoms with Crippen LogP contribution in [0.4, 0.5) is 0 Å². The molecule has 0 spiro atoms. The lowest BCUT2D eigenvalue weighted by Crippen LogP contribution is -2.43. The molecule has 2 N–H and O–H groups in total. The molecule has 20 heavy (non-hydrogen) atoms. The zero-order valence-corrected chi connectivity index (χ0v) is 12.7. The first-order valence-corrected chi connectivity index (χ1v) is 7.17. The molecule has 0 saturated carbocycles. The fourth-order valence-corrected chi connectivity index (χ4v) is 2.01. The van der Waals surface area contributed by atoms with Crippen molar-refractivity contribution < 1.29 is 9.53 Å². The number of amides is 1. The van der Waals surface area contributed by atoms with Gasteiger partial charge in [-0.3, -0.25) is 4.79 Å². The summed E-state index contributed by atoms with van der Waals surface area (Å²) in [6.45, 7) is 4.92. The lowest BCUT2D eigenvalue weighted by atomic mass is 10.1. The molecule has 0 aliphatic rings. The van der Waals surface area contributed by atoms with Crippen LogP contribution in [0.3, 0.4) is 0 Å². The quantitative estimate of drug-likeness (QED) is 0.723. The van der Waals surface area contributed by atoms with Crippen LogP contribution in [0.15, 0.2) is 30.3 Å². The lowest BCUT2D eigenvalue weighted by molar-refractivity contribution is -0.121. The SMILES string of the molecule is COCC(C)NC(=O)CNC(C)CCc1ccccc1. The average molecular weight is 278 g/mol. The molecule has 1 aromatic carbocycles. The van der Waals surface area contributed by atoms with Gasteiger partial charge in [0, 0.05) is 19.2 Å². The number of carbonyl (C=O) groups excluding carboxylic acids is 1. The Morgan fingerprint density at radius 1 is 1.20 bits per heavy atom. The molecule has 0 heterocycles. The van der Waals surface area contributed by atoms with E-state index in [4.69, 9.17) is 4.74 Å². The molecule has 112 valence electrons. The van der Waals surface area contributed by atoms with Crippen LogP contribution in [0.25, 0.3) is 0 Å². The highest BCUT2D eigenvalue weighted by atomic mass is 16.5. The fraction of sp³-hybridized carbons (Fsp3) is 0.562. The number of carbonyl (C=O) groups is 1. The van der Waals surface area contributed by atoms with Crippen molar-refractivity contribution in [2.75, 3.05) is 20.3 Å². The normalized spacial score (nSPS) is 13.8. The Morgan fingerprint density at radius 2 is 1.90 bits per heavy atom. The Bertz CT molecular complexity index is 381. The molecule has 0 saturated heterocycles. The van der Waals surface area contributed by atoms with Gasteiger partial charge in [-0.2, -0.15) is 0 Å². The molecular weight excluding hydrogens is 252 g/mol. The average Bonchev–Trinajstić information content (AvgIpc) is 2.44. The van der Waals surface area contributed by atoms with Crippen LogP contribution < -0.4 is 10.6 Å². The summed E-state index contributed by atoms with van der Waals surface area (Å²) in [4.78, 5) is 11.7. The van der Waals surface area contributed by atoms with E-state index in [1.165, 1.54) is 5.56 Å². The van der Waals surface area contributed by atoms with Crippen LogP contribution in [0.1, 0.15) is 25.8 Å². The van der Waals surface area contributed by atoms with E-state index >= 15 is 0 Å². The maximum absolute atomic E-state index is 11.7. The molecule has 0 radical (unpaired) electrons. The first-order chi connectivity index (χ1) is 9.61. The minimum atomic E-state index is 0.0149. The molecule has 0 fully saturated rings. The van der Waals surface area contributed by atoms with Crippen LogP contribution in [0.5, 0.6) is 0 Å². The highest BCUT2D eigenvalue weighted by Crippen LogP contribution is 2.04. The number of ether oxygens (including phenoxy) is 1. The van der Waals surface area contributed by atoms with Gasteiger partial charge in [-0.25, -0.2) is 0 Å². The van der Waals surface area contributed by atoms with E-state index in [-0.39, 0.29) is 11.9 Å². The molecule has 4 nitrogen and oxygen atoms in total. The number of nitrogens with one attached hydrogen (secondary N) is 2. The van der Waals surface area contributed by atoms with E-state index in [9.17, 15) is 4.79 Å². The highest BCUT2D eigenvalue weighted by molar-refractivity contribution is 5.78. The maximum Gasteiger partial charge on any atom is 0.234 e. The van der Waals surface area contributed by atoms with Crippen LogP contribution >= 0.6 is 0 Å². The van der Waals surface area contributed by atoms with E-state index in [1.807, 2.05) is 13.0 Å². The molecule has 1 amide bonds. The maximum atomic E-state index is 11.7. The van der Waals surface area contributed by atoms with Crippen molar-refractivity contribution in [3.8, 4) is 0 Å². The molecule has 0 bridgehead atoms. The Labute approximate surface area is 121 Å². The van der Waals surface area contributed by atoms with Gasteiger partial charge in [0.1, 0.15) is 0 Å². The largest absolute Gasteiger partial charge is 0.383 e. The highest BCUT2D eigenvalue weighted by Gasteiger charge is 2.08. The predicted molar refractivity (Wildman–Crippen MR) is 81.7 cm³/mol. The summed E-state index contributed by atoms with van der Waals surface area (Å²) in [6.07, 6.45) is 2.04. The van der Waals surface area contributed by atoms with Gasteiger partial charge in [-0.15, -0.1) is 0 Å². The van der Waals surface area contributed by atoms with Crippen molar-refractivity contribution >= 4 is 5.91 Å². The van der Waals surface area contributed by atoms with Gasteiger partial charge >= 0.3 is 0 Å². The second kappa shape index (κ2) is 9.50. The summed E-state index contributed by atoms with van der Waals surface area (Å²) in [5.74, 6) is 0.0149. The number of hydrogen-bond acceptors (Lipinski definition) is 3. The minimum Gasteiger partial charge on any atom is -0.383 e. The summed E-state index contributed by atoms with van der Waals surface area (Å²) in [5, 5.41) is 6.13. The first-order valence-electron chi connectivity index (χ1n) is 7.17. The van der Waals surface area contributed by atoms with Gasteiger partial charge in [0.15, 0.2) is 0 Å². The fourth-order valence-electron chi connectivity index (χ4n) is 2.01. The van der Waals surface area contributed by atoms with Gasteiger partial charge in [0.25, 0.3) is 0 Å². The number of aryl methyl sites for hydroxylation is 1. The van der Waals surface area contributed by atoms with Crippen LogP contribution in [-0.4, -0.2) is 38.3 Å². The number of hydrogen-bond donors (Lipinski definition) is 2. The number of rotatable bonds is 9. The third-order valence-corrected chi connectivity index (χ3v) is 3.14. The molecule has 0 aromatic heterocycles. The lowest BCUT2D eigenvalue weighted by Gasteiger charge is -2.16. The molecule has 0 aliphatic carbocycles. The Hall–Kier alpha value is -1.39. The van der Waals surface area contributed by atoms with Gasteiger partial charge in [-0.1, -0.05) is 30.3 Å². The van der Waals surface area contributed by atoms with E-state index in [1.54, 1.807) is 7.11 Å². The molecular formula is C16H26N2O2. The van der Waals surface area contributed by atoms with Crippen LogP contribution in [-0.2, 0) is 16.0 Å². The Balaban J connectivity index is 2.16. The minimum absolute atomic E-state index is 0.0149. The summed E-state index contributed by atoms with van der Waals surface area (Å²) in [6, 6.07) is 10.8. The van der Waals surface area contributed by atoms with E-state index in [2.05, 4.69) is 41.8 Å². The van der Waals surface area contributed by atoms with Gasteiger partial charge in [-0.05, 0) is 32.3 Å². The standard InChI is InChI=1S/C16H26N2O2/c1-13(9-10-15-7-5-4-6-8-15)17-11-16(19)18-14(2)12-20-3/h4-8,13-14,17H,9-12H2,1-3H3,(H,18,19). The number of benzene rings is 1. The third-order valence-electron chi connectivity index (χ3n) is 3.14. The monoisotopic (exact) mass is 278 g/mol. The molecule has 4 heteroatoms. The van der Waals surface area contributed by atoms with Gasteiger partial charge < -0.3 is 15.4 Å². The molecule has 1 aromatic rings. The van der Waals surface area contributed by atoms with E-state index in [0.29, 0.717) is 19.2 Å². The summed E-state index contributed by atoms with van der Waals surface area (Å²) in [7, 11) is 1.63. The topological polar surface area (TPSA) is 50.4 Å². The Morgan fingerprint density at radius 3 is 2.55 bits per heavy atom. The van der Waals surface area contributed by atoms with Crippen molar-refractivity contribution in [1.29, 1.82) is 0 Å². The van der Waals surface area contributed by atoms with Crippen LogP contribution in [0.2, 0.25) is 0 Å². The van der Waals surface area contributed by atoms with E-state index < -0.39 is 0 Å².